The first-order valence-electron chi connectivity index (χ1n) is 10.9. The lowest BCUT2D eigenvalue weighted by atomic mass is 9.64. The van der Waals surface area contributed by atoms with Gasteiger partial charge in [0.25, 0.3) is 0 Å². The van der Waals surface area contributed by atoms with E-state index in [2.05, 4.69) is 77.4 Å². The van der Waals surface area contributed by atoms with Crippen LogP contribution < -0.4 is 4.90 Å². The van der Waals surface area contributed by atoms with Crippen LogP contribution in [0, 0.1) is 17.8 Å². The summed E-state index contributed by atoms with van der Waals surface area (Å²) in [4.78, 5) is 5.20. The molecule has 2 fully saturated rings. The van der Waals surface area contributed by atoms with E-state index in [0.717, 1.165) is 44.1 Å². The maximum Gasteiger partial charge on any atom is 0.0716 e. The number of nitrogens with zero attached hydrogens (tertiary/aromatic N) is 2. The third-order valence-corrected chi connectivity index (χ3v) is 6.82. The van der Waals surface area contributed by atoms with Crippen molar-refractivity contribution in [3.63, 3.8) is 0 Å². The molecule has 150 valence electrons. The van der Waals surface area contributed by atoms with E-state index in [1.165, 1.54) is 43.7 Å². The summed E-state index contributed by atoms with van der Waals surface area (Å²) in [6, 6.07) is 21.3. The SMILES string of the molecule is CC1C(CCOCc2ccccc2)CC1CN1CCN(c2ccccc2)CC1. The fourth-order valence-corrected chi connectivity index (χ4v) is 4.79. The molecule has 3 atom stereocenters. The summed E-state index contributed by atoms with van der Waals surface area (Å²) >= 11 is 0. The predicted octanol–water partition coefficient (Wildman–Crippen LogP) is 4.69. The minimum absolute atomic E-state index is 0.747. The van der Waals surface area contributed by atoms with E-state index in [0.29, 0.717) is 0 Å². The third kappa shape index (κ3) is 4.95. The number of rotatable bonds is 8. The monoisotopic (exact) mass is 378 g/mol. The maximum absolute atomic E-state index is 5.90. The molecule has 2 aliphatic rings. The molecule has 3 heteroatoms. The minimum Gasteiger partial charge on any atom is -0.377 e. The summed E-state index contributed by atoms with van der Waals surface area (Å²) in [5, 5.41) is 0. The number of benzene rings is 2. The second kappa shape index (κ2) is 9.58. The third-order valence-electron chi connectivity index (χ3n) is 6.82. The van der Waals surface area contributed by atoms with Crippen molar-refractivity contribution in [1.82, 2.24) is 4.90 Å². The molecule has 0 amide bonds. The highest BCUT2D eigenvalue weighted by Gasteiger charge is 2.38. The van der Waals surface area contributed by atoms with Gasteiger partial charge in [-0.25, -0.2) is 0 Å². The molecule has 0 radical (unpaired) electrons. The number of hydrogen-bond acceptors (Lipinski definition) is 3. The van der Waals surface area contributed by atoms with E-state index in [1.54, 1.807) is 0 Å². The van der Waals surface area contributed by atoms with Gasteiger partial charge in [0.1, 0.15) is 0 Å². The zero-order chi connectivity index (χ0) is 19.2. The summed E-state index contributed by atoms with van der Waals surface area (Å²) in [5.74, 6) is 2.57. The number of para-hydroxylation sites is 1. The molecule has 1 saturated heterocycles. The van der Waals surface area contributed by atoms with E-state index in [4.69, 9.17) is 4.74 Å². The lowest BCUT2D eigenvalue weighted by Crippen LogP contribution is -2.50. The molecule has 1 heterocycles. The summed E-state index contributed by atoms with van der Waals surface area (Å²) in [7, 11) is 0. The van der Waals surface area contributed by atoms with Crippen LogP contribution >= 0.6 is 0 Å². The van der Waals surface area contributed by atoms with Crippen molar-refractivity contribution in [2.24, 2.45) is 17.8 Å². The minimum atomic E-state index is 0.747. The Hall–Kier alpha value is -1.84. The Balaban J connectivity index is 1.11. The highest BCUT2D eigenvalue weighted by Crippen LogP contribution is 2.42. The van der Waals surface area contributed by atoms with Crippen molar-refractivity contribution < 1.29 is 4.74 Å². The highest BCUT2D eigenvalue weighted by atomic mass is 16.5. The van der Waals surface area contributed by atoms with Crippen LogP contribution in [0.4, 0.5) is 5.69 Å². The van der Waals surface area contributed by atoms with Crippen LogP contribution in [0.5, 0.6) is 0 Å². The number of piperazine rings is 1. The van der Waals surface area contributed by atoms with Crippen molar-refractivity contribution in [2.45, 2.75) is 26.4 Å². The van der Waals surface area contributed by atoms with Crippen LogP contribution in [0.1, 0.15) is 25.3 Å². The van der Waals surface area contributed by atoms with Crippen molar-refractivity contribution in [3.8, 4) is 0 Å². The Labute approximate surface area is 170 Å². The van der Waals surface area contributed by atoms with Gasteiger partial charge in [-0.15, -0.1) is 0 Å². The zero-order valence-electron chi connectivity index (χ0n) is 17.2. The molecule has 3 unspecified atom stereocenters. The Morgan fingerprint density at radius 3 is 2.21 bits per heavy atom. The highest BCUT2D eigenvalue weighted by molar-refractivity contribution is 5.46. The molecule has 0 bridgehead atoms. The van der Waals surface area contributed by atoms with Gasteiger partial charge in [0.15, 0.2) is 0 Å². The molecule has 3 nitrogen and oxygen atoms in total. The average molecular weight is 379 g/mol. The van der Waals surface area contributed by atoms with Gasteiger partial charge in [0.05, 0.1) is 6.61 Å². The smallest absolute Gasteiger partial charge is 0.0716 e. The topological polar surface area (TPSA) is 15.7 Å². The zero-order valence-corrected chi connectivity index (χ0v) is 17.2. The molecule has 1 aliphatic heterocycles. The molecule has 28 heavy (non-hydrogen) atoms. The molecule has 2 aromatic carbocycles. The van der Waals surface area contributed by atoms with Gasteiger partial charge in [-0.2, -0.15) is 0 Å². The molecular formula is C25H34N2O. The first-order chi connectivity index (χ1) is 13.8. The summed E-state index contributed by atoms with van der Waals surface area (Å²) in [6.45, 7) is 10.1. The lowest BCUT2D eigenvalue weighted by molar-refractivity contribution is 0.0164. The van der Waals surface area contributed by atoms with Crippen molar-refractivity contribution >= 4 is 5.69 Å². The molecule has 4 rings (SSSR count). The van der Waals surface area contributed by atoms with Crippen LogP contribution in [-0.2, 0) is 11.3 Å². The molecule has 1 aliphatic carbocycles. The predicted molar refractivity (Wildman–Crippen MR) is 117 cm³/mol. The molecular weight excluding hydrogens is 344 g/mol. The summed E-state index contributed by atoms with van der Waals surface area (Å²) < 4.78 is 5.90. The van der Waals surface area contributed by atoms with Crippen molar-refractivity contribution in [3.05, 3.63) is 66.2 Å². The second-order valence-electron chi connectivity index (χ2n) is 8.57. The van der Waals surface area contributed by atoms with E-state index in [1.807, 2.05) is 0 Å². The van der Waals surface area contributed by atoms with E-state index in [-0.39, 0.29) is 0 Å². The van der Waals surface area contributed by atoms with E-state index >= 15 is 0 Å². The lowest BCUT2D eigenvalue weighted by Gasteiger charge is -2.46. The van der Waals surface area contributed by atoms with Gasteiger partial charge < -0.3 is 9.64 Å². The van der Waals surface area contributed by atoms with Gasteiger partial charge in [-0.05, 0) is 48.3 Å². The van der Waals surface area contributed by atoms with Gasteiger partial charge in [0, 0.05) is 45.0 Å². The summed E-state index contributed by atoms with van der Waals surface area (Å²) in [5.41, 5.74) is 2.64. The summed E-state index contributed by atoms with van der Waals surface area (Å²) in [6.07, 6.45) is 2.60. The Bertz CT molecular complexity index is 697. The molecule has 2 aromatic rings. The second-order valence-corrected chi connectivity index (χ2v) is 8.57. The Kier molecular flexibility index (Phi) is 6.66. The quantitative estimate of drug-likeness (QED) is 0.620. The average Bonchev–Trinajstić information content (AvgIpc) is 2.76. The number of ether oxygens (including phenoxy) is 1. The Morgan fingerprint density at radius 1 is 0.857 bits per heavy atom. The first kappa shape index (κ1) is 19.5. The fraction of sp³-hybridized carbons (Fsp3) is 0.520. The molecule has 0 N–H and O–H groups in total. The molecule has 0 aromatic heterocycles. The van der Waals surface area contributed by atoms with Crippen LogP contribution in [0.15, 0.2) is 60.7 Å². The largest absolute Gasteiger partial charge is 0.377 e. The fourth-order valence-electron chi connectivity index (χ4n) is 4.79. The number of anilines is 1. The first-order valence-corrected chi connectivity index (χ1v) is 10.9. The van der Waals surface area contributed by atoms with Crippen molar-refractivity contribution in [1.29, 1.82) is 0 Å². The number of hydrogen-bond donors (Lipinski definition) is 0. The van der Waals surface area contributed by atoms with E-state index in [9.17, 15) is 0 Å². The van der Waals surface area contributed by atoms with Crippen LogP contribution in [-0.4, -0.2) is 44.2 Å². The normalized spacial score (nSPS) is 25.5. The molecule has 0 spiro atoms. The van der Waals surface area contributed by atoms with Gasteiger partial charge in [-0.1, -0.05) is 55.5 Å². The van der Waals surface area contributed by atoms with Crippen LogP contribution in [0.25, 0.3) is 0 Å². The van der Waals surface area contributed by atoms with Gasteiger partial charge in [-0.3, -0.25) is 4.90 Å². The molecule has 1 saturated carbocycles. The maximum atomic E-state index is 5.90. The standard InChI is InChI=1S/C25H34N2O/c1-21-23(12-17-28-20-22-8-4-2-5-9-22)18-24(21)19-26-13-15-27(16-14-26)25-10-6-3-7-11-25/h2-11,21,23-24H,12-20H2,1H3. The van der Waals surface area contributed by atoms with Gasteiger partial charge >= 0.3 is 0 Å². The van der Waals surface area contributed by atoms with Gasteiger partial charge in [0.2, 0.25) is 0 Å². The van der Waals surface area contributed by atoms with Crippen LogP contribution in [0.3, 0.4) is 0 Å². The Morgan fingerprint density at radius 2 is 1.54 bits per heavy atom. The van der Waals surface area contributed by atoms with Crippen LogP contribution in [0.2, 0.25) is 0 Å². The van der Waals surface area contributed by atoms with E-state index < -0.39 is 0 Å². The van der Waals surface area contributed by atoms with Crippen molar-refractivity contribution in [2.75, 3.05) is 44.2 Å².